The number of nitrogens with zero attached hydrogens (tertiary/aromatic N) is 1. The van der Waals surface area contributed by atoms with Gasteiger partial charge in [-0.25, -0.2) is 9.18 Å². The summed E-state index contributed by atoms with van der Waals surface area (Å²) in [5.41, 5.74) is 1.23. The van der Waals surface area contributed by atoms with E-state index in [0.717, 1.165) is 25.6 Å². The molecule has 3 unspecified atom stereocenters. The molecule has 1 amide bonds. The second-order valence-electron chi connectivity index (χ2n) is 5.81. The quantitative estimate of drug-likeness (QED) is 0.887. The molecule has 2 aliphatic rings. The molecule has 108 valence electrons. The molecule has 0 aromatic heterocycles. The molecule has 1 aromatic rings. The summed E-state index contributed by atoms with van der Waals surface area (Å²) in [5, 5.41) is 11.0. The predicted octanol–water partition coefficient (Wildman–Crippen LogP) is 2.13. The maximum Gasteiger partial charge on any atom is 0.404 e. The zero-order chi connectivity index (χ0) is 14.1. The molecule has 1 heterocycles. The van der Waals surface area contributed by atoms with E-state index in [2.05, 4.69) is 10.2 Å². The van der Waals surface area contributed by atoms with Gasteiger partial charge >= 0.3 is 6.09 Å². The zero-order valence-electron chi connectivity index (χ0n) is 11.3. The highest BCUT2D eigenvalue weighted by Gasteiger charge is 2.47. The van der Waals surface area contributed by atoms with Crippen LogP contribution in [0.1, 0.15) is 17.9 Å². The topological polar surface area (TPSA) is 52.6 Å². The number of rotatable bonds is 4. The van der Waals surface area contributed by atoms with Gasteiger partial charge in [0.2, 0.25) is 0 Å². The van der Waals surface area contributed by atoms with Crippen LogP contribution in [0.2, 0.25) is 0 Å². The summed E-state index contributed by atoms with van der Waals surface area (Å²) < 4.78 is 12.9. The van der Waals surface area contributed by atoms with Crippen molar-refractivity contribution >= 4 is 6.09 Å². The van der Waals surface area contributed by atoms with Crippen LogP contribution in [0.4, 0.5) is 9.18 Å². The Balaban J connectivity index is 1.52. The van der Waals surface area contributed by atoms with E-state index in [1.807, 2.05) is 12.1 Å². The molecule has 20 heavy (non-hydrogen) atoms. The molecular formula is C15H19FN2O2. The van der Waals surface area contributed by atoms with Crippen LogP contribution < -0.4 is 5.32 Å². The molecule has 1 saturated heterocycles. The third kappa shape index (κ3) is 2.63. The van der Waals surface area contributed by atoms with E-state index in [1.165, 1.54) is 24.1 Å². The lowest BCUT2D eigenvalue weighted by molar-refractivity contribution is 0.190. The molecule has 3 rings (SSSR count). The van der Waals surface area contributed by atoms with Gasteiger partial charge in [-0.2, -0.15) is 0 Å². The normalized spacial score (nSPS) is 28.8. The van der Waals surface area contributed by atoms with Crippen LogP contribution in [0.15, 0.2) is 24.3 Å². The Hall–Kier alpha value is -1.62. The van der Waals surface area contributed by atoms with E-state index < -0.39 is 6.09 Å². The average molecular weight is 278 g/mol. The fourth-order valence-corrected chi connectivity index (χ4v) is 3.60. The minimum atomic E-state index is -0.962. The third-order valence-corrected chi connectivity index (χ3v) is 4.64. The molecule has 1 aliphatic heterocycles. The van der Waals surface area contributed by atoms with Crippen LogP contribution >= 0.6 is 0 Å². The van der Waals surface area contributed by atoms with Gasteiger partial charge < -0.3 is 15.3 Å². The molecule has 5 heteroatoms. The minimum absolute atomic E-state index is 0.183. The maximum atomic E-state index is 12.9. The van der Waals surface area contributed by atoms with Crippen molar-refractivity contribution in [3.05, 3.63) is 35.6 Å². The Morgan fingerprint density at radius 2 is 2.10 bits per heavy atom. The number of likely N-dealkylation sites (tertiary alicyclic amines) is 1. The number of halogens is 1. The molecule has 2 fully saturated rings. The van der Waals surface area contributed by atoms with Crippen LogP contribution in [0, 0.1) is 17.7 Å². The summed E-state index contributed by atoms with van der Waals surface area (Å²) >= 11 is 0. The Morgan fingerprint density at radius 3 is 2.80 bits per heavy atom. The van der Waals surface area contributed by atoms with Crippen molar-refractivity contribution < 1.29 is 14.3 Å². The largest absolute Gasteiger partial charge is 0.465 e. The van der Waals surface area contributed by atoms with Gasteiger partial charge in [-0.05, 0) is 41.9 Å². The lowest BCUT2D eigenvalue weighted by Crippen LogP contribution is -2.33. The van der Waals surface area contributed by atoms with Gasteiger partial charge in [0, 0.05) is 26.2 Å². The highest BCUT2D eigenvalue weighted by atomic mass is 19.1. The van der Waals surface area contributed by atoms with E-state index in [0.29, 0.717) is 18.4 Å². The fourth-order valence-electron chi connectivity index (χ4n) is 3.60. The zero-order valence-corrected chi connectivity index (χ0v) is 11.3. The van der Waals surface area contributed by atoms with E-state index in [1.54, 1.807) is 0 Å². The first kappa shape index (κ1) is 13.4. The molecule has 1 aromatic carbocycles. The lowest BCUT2D eigenvalue weighted by atomic mass is 9.64. The fraction of sp³-hybridized carbons (Fsp3) is 0.533. The number of nitrogens with one attached hydrogen (secondary N) is 1. The van der Waals surface area contributed by atoms with E-state index in [-0.39, 0.29) is 5.82 Å². The molecule has 0 bridgehead atoms. The standard InChI is InChI=1S/C15H19FN2O2/c16-12-3-1-10(2-4-12)13-7-11-8-18(9-14(11)13)6-5-17-15(19)20/h1-4,11,13-14,17H,5-9H2,(H,19,20). The van der Waals surface area contributed by atoms with Crippen molar-refractivity contribution in [1.82, 2.24) is 10.2 Å². The number of carboxylic acid groups (broad SMARTS) is 1. The third-order valence-electron chi connectivity index (χ3n) is 4.64. The summed E-state index contributed by atoms with van der Waals surface area (Å²) in [5.74, 6) is 1.72. The highest BCUT2D eigenvalue weighted by molar-refractivity contribution is 5.64. The van der Waals surface area contributed by atoms with Crippen molar-refractivity contribution in [2.24, 2.45) is 11.8 Å². The Kier molecular flexibility index (Phi) is 3.61. The Bertz CT molecular complexity index is 491. The van der Waals surface area contributed by atoms with Gasteiger partial charge in [-0.15, -0.1) is 0 Å². The lowest BCUT2D eigenvalue weighted by Gasteiger charge is -2.40. The van der Waals surface area contributed by atoms with E-state index in [9.17, 15) is 9.18 Å². The number of fused-ring (bicyclic) bond motifs is 1. The highest BCUT2D eigenvalue weighted by Crippen LogP contribution is 2.51. The summed E-state index contributed by atoms with van der Waals surface area (Å²) in [6, 6.07) is 6.86. The summed E-state index contributed by atoms with van der Waals surface area (Å²) in [6.07, 6.45) is 0.204. The SMILES string of the molecule is O=C(O)NCCN1CC2CC(c3ccc(F)cc3)C2C1. The Labute approximate surface area is 117 Å². The summed E-state index contributed by atoms with van der Waals surface area (Å²) in [4.78, 5) is 12.7. The van der Waals surface area contributed by atoms with Gasteiger partial charge in [-0.1, -0.05) is 12.1 Å². The summed E-state index contributed by atoms with van der Waals surface area (Å²) in [6.45, 7) is 3.34. The first-order chi connectivity index (χ1) is 9.63. The smallest absolute Gasteiger partial charge is 0.404 e. The molecule has 3 atom stereocenters. The molecule has 0 spiro atoms. The monoisotopic (exact) mass is 278 g/mol. The average Bonchev–Trinajstić information content (AvgIpc) is 2.70. The summed E-state index contributed by atoms with van der Waals surface area (Å²) in [7, 11) is 0. The predicted molar refractivity (Wildman–Crippen MR) is 73.2 cm³/mol. The first-order valence-corrected chi connectivity index (χ1v) is 7.08. The second kappa shape index (κ2) is 5.40. The van der Waals surface area contributed by atoms with Crippen molar-refractivity contribution in [2.75, 3.05) is 26.2 Å². The van der Waals surface area contributed by atoms with Crippen LogP contribution in [0.3, 0.4) is 0 Å². The van der Waals surface area contributed by atoms with Gasteiger partial charge in [0.15, 0.2) is 0 Å². The van der Waals surface area contributed by atoms with E-state index in [4.69, 9.17) is 5.11 Å². The molecule has 4 nitrogen and oxygen atoms in total. The Morgan fingerprint density at radius 1 is 1.35 bits per heavy atom. The molecule has 2 N–H and O–H groups in total. The van der Waals surface area contributed by atoms with Crippen molar-refractivity contribution in [3.63, 3.8) is 0 Å². The van der Waals surface area contributed by atoms with Gasteiger partial charge in [-0.3, -0.25) is 0 Å². The maximum absolute atomic E-state index is 12.9. The van der Waals surface area contributed by atoms with Crippen LogP contribution in [0.25, 0.3) is 0 Å². The van der Waals surface area contributed by atoms with Crippen LogP contribution in [0.5, 0.6) is 0 Å². The van der Waals surface area contributed by atoms with Crippen LogP contribution in [-0.4, -0.2) is 42.3 Å². The minimum Gasteiger partial charge on any atom is -0.465 e. The number of hydrogen-bond acceptors (Lipinski definition) is 2. The van der Waals surface area contributed by atoms with Crippen molar-refractivity contribution in [2.45, 2.75) is 12.3 Å². The number of amides is 1. The number of benzene rings is 1. The van der Waals surface area contributed by atoms with Gasteiger partial charge in [0.05, 0.1) is 0 Å². The molecule has 1 saturated carbocycles. The second-order valence-corrected chi connectivity index (χ2v) is 5.81. The first-order valence-electron chi connectivity index (χ1n) is 7.08. The van der Waals surface area contributed by atoms with Gasteiger partial charge in [0.1, 0.15) is 5.82 Å². The molecule has 0 radical (unpaired) electrons. The van der Waals surface area contributed by atoms with Gasteiger partial charge in [0.25, 0.3) is 0 Å². The van der Waals surface area contributed by atoms with Crippen molar-refractivity contribution in [1.29, 1.82) is 0 Å². The van der Waals surface area contributed by atoms with Crippen molar-refractivity contribution in [3.8, 4) is 0 Å². The number of hydrogen-bond donors (Lipinski definition) is 2. The number of carbonyl (C=O) groups is 1. The molecule has 1 aliphatic carbocycles. The van der Waals surface area contributed by atoms with Crippen LogP contribution in [-0.2, 0) is 0 Å². The van der Waals surface area contributed by atoms with E-state index >= 15 is 0 Å². The molecular weight excluding hydrogens is 259 g/mol.